The summed E-state index contributed by atoms with van der Waals surface area (Å²) in [5, 5.41) is 9.00. The van der Waals surface area contributed by atoms with Crippen molar-refractivity contribution in [3.05, 3.63) is 16.4 Å². The van der Waals surface area contributed by atoms with Crippen molar-refractivity contribution in [3.63, 3.8) is 0 Å². The van der Waals surface area contributed by atoms with E-state index in [2.05, 4.69) is 31.2 Å². The molecule has 1 aromatic rings. The van der Waals surface area contributed by atoms with Crippen LogP contribution in [0.5, 0.6) is 0 Å². The quantitative estimate of drug-likeness (QED) is 0.812. The molecular formula is C17H30ClN3. The number of hydrogen-bond donors (Lipinski definition) is 1. The standard InChI is InChI=1S/C17H30ClN3/c1-5-14-16(18)15(21(4)20-14)11-19-12-17(10-13(2)3)8-6-7-9-17/h13,19H,5-12H2,1-4H3. The summed E-state index contributed by atoms with van der Waals surface area (Å²) in [6, 6.07) is 0. The Labute approximate surface area is 134 Å². The number of nitrogens with one attached hydrogen (secondary N) is 1. The summed E-state index contributed by atoms with van der Waals surface area (Å²) in [5.41, 5.74) is 2.63. The lowest BCUT2D eigenvalue weighted by molar-refractivity contribution is 0.223. The number of rotatable bonds is 7. The molecule has 1 aliphatic carbocycles. The average molecular weight is 312 g/mol. The Hall–Kier alpha value is -0.540. The first kappa shape index (κ1) is 16.8. The molecule has 120 valence electrons. The van der Waals surface area contributed by atoms with Crippen molar-refractivity contribution < 1.29 is 0 Å². The molecule has 3 nitrogen and oxygen atoms in total. The number of nitrogens with zero attached hydrogens (tertiary/aromatic N) is 2. The highest BCUT2D eigenvalue weighted by Gasteiger charge is 2.33. The monoisotopic (exact) mass is 311 g/mol. The molecule has 0 aromatic carbocycles. The van der Waals surface area contributed by atoms with Gasteiger partial charge in [-0.1, -0.05) is 45.2 Å². The van der Waals surface area contributed by atoms with Crippen molar-refractivity contribution in [1.29, 1.82) is 0 Å². The average Bonchev–Trinajstić information content (AvgIpc) is 2.97. The third kappa shape index (κ3) is 4.01. The molecular weight excluding hydrogens is 282 g/mol. The summed E-state index contributed by atoms with van der Waals surface area (Å²) in [6.07, 6.45) is 7.75. The van der Waals surface area contributed by atoms with E-state index in [1.165, 1.54) is 32.1 Å². The maximum Gasteiger partial charge on any atom is 0.0863 e. The van der Waals surface area contributed by atoms with Crippen LogP contribution in [-0.2, 0) is 20.0 Å². The molecule has 1 saturated carbocycles. The molecule has 4 heteroatoms. The number of hydrogen-bond acceptors (Lipinski definition) is 2. The van der Waals surface area contributed by atoms with E-state index in [0.717, 1.165) is 41.8 Å². The molecule has 0 spiro atoms. The van der Waals surface area contributed by atoms with E-state index in [0.29, 0.717) is 5.41 Å². The minimum atomic E-state index is 0.507. The molecule has 1 aliphatic rings. The fourth-order valence-corrected chi connectivity index (χ4v) is 4.26. The van der Waals surface area contributed by atoms with Gasteiger partial charge in [0, 0.05) is 20.1 Å². The third-order valence-electron chi connectivity index (χ3n) is 4.80. The van der Waals surface area contributed by atoms with Crippen LogP contribution in [0.3, 0.4) is 0 Å². The Morgan fingerprint density at radius 1 is 1.33 bits per heavy atom. The highest BCUT2D eigenvalue weighted by Crippen LogP contribution is 2.42. The Kier molecular flexibility index (Phi) is 5.73. The van der Waals surface area contributed by atoms with Crippen LogP contribution in [0.2, 0.25) is 5.02 Å². The number of aromatic nitrogens is 2. The molecule has 1 aromatic heterocycles. The van der Waals surface area contributed by atoms with Gasteiger partial charge in [0.1, 0.15) is 0 Å². The van der Waals surface area contributed by atoms with Gasteiger partial charge in [0.2, 0.25) is 0 Å². The lowest BCUT2D eigenvalue weighted by atomic mass is 9.78. The third-order valence-corrected chi connectivity index (χ3v) is 5.24. The second-order valence-corrected chi connectivity index (χ2v) is 7.47. The van der Waals surface area contributed by atoms with E-state index in [-0.39, 0.29) is 0 Å². The van der Waals surface area contributed by atoms with Gasteiger partial charge < -0.3 is 5.32 Å². The fraction of sp³-hybridized carbons (Fsp3) is 0.824. The smallest absolute Gasteiger partial charge is 0.0863 e. The zero-order valence-electron chi connectivity index (χ0n) is 14.0. The minimum Gasteiger partial charge on any atom is -0.311 e. The summed E-state index contributed by atoms with van der Waals surface area (Å²) in [6.45, 7) is 8.70. The van der Waals surface area contributed by atoms with Gasteiger partial charge in [0.25, 0.3) is 0 Å². The summed E-state index contributed by atoms with van der Waals surface area (Å²) in [7, 11) is 1.99. The van der Waals surface area contributed by atoms with Crippen LogP contribution in [0.25, 0.3) is 0 Å². The van der Waals surface area contributed by atoms with E-state index in [1.54, 1.807) is 0 Å². The largest absolute Gasteiger partial charge is 0.311 e. The Morgan fingerprint density at radius 2 is 2.00 bits per heavy atom. The number of halogens is 1. The molecule has 0 saturated heterocycles. The predicted octanol–water partition coefficient (Wildman–Crippen LogP) is 4.33. The molecule has 0 unspecified atom stereocenters. The Bertz CT molecular complexity index is 459. The van der Waals surface area contributed by atoms with Crippen LogP contribution >= 0.6 is 11.6 Å². The summed E-state index contributed by atoms with van der Waals surface area (Å²) in [5.74, 6) is 0.775. The summed E-state index contributed by atoms with van der Waals surface area (Å²) < 4.78 is 1.93. The van der Waals surface area contributed by atoms with Gasteiger partial charge in [-0.2, -0.15) is 5.10 Å². The molecule has 1 fully saturated rings. The molecule has 1 heterocycles. The topological polar surface area (TPSA) is 29.9 Å². The van der Waals surface area contributed by atoms with E-state index in [4.69, 9.17) is 11.6 Å². The Morgan fingerprint density at radius 3 is 2.52 bits per heavy atom. The molecule has 0 amide bonds. The normalized spacial score (nSPS) is 17.8. The van der Waals surface area contributed by atoms with Crippen molar-refractivity contribution in [1.82, 2.24) is 15.1 Å². The molecule has 2 rings (SSSR count). The van der Waals surface area contributed by atoms with Crippen LogP contribution < -0.4 is 5.32 Å². The first-order chi connectivity index (χ1) is 9.97. The molecule has 0 aliphatic heterocycles. The van der Waals surface area contributed by atoms with Gasteiger partial charge in [-0.3, -0.25) is 4.68 Å². The predicted molar refractivity (Wildman–Crippen MR) is 89.7 cm³/mol. The maximum absolute atomic E-state index is 6.42. The second-order valence-electron chi connectivity index (χ2n) is 7.09. The lowest BCUT2D eigenvalue weighted by Crippen LogP contribution is -2.33. The first-order valence-electron chi connectivity index (χ1n) is 8.38. The highest BCUT2D eigenvalue weighted by atomic mass is 35.5. The van der Waals surface area contributed by atoms with E-state index in [1.807, 2.05) is 11.7 Å². The van der Waals surface area contributed by atoms with Gasteiger partial charge in [-0.15, -0.1) is 0 Å². The number of aryl methyl sites for hydroxylation is 2. The van der Waals surface area contributed by atoms with Gasteiger partial charge >= 0.3 is 0 Å². The molecule has 1 N–H and O–H groups in total. The van der Waals surface area contributed by atoms with Crippen molar-refractivity contribution in [2.45, 2.75) is 65.8 Å². The SMILES string of the molecule is CCc1nn(C)c(CNCC2(CC(C)C)CCCC2)c1Cl. The van der Waals surface area contributed by atoms with Crippen molar-refractivity contribution >= 4 is 11.6 Å². The maximum atomic E-state index is 6.42. The van der Waals surface area contributed by atoms with Crippen molar-refractivity contribution in [3.8, 4) is 0 Å². The van der Waals surface area contributed by atoms with Crippen LogP contribution in [-0.4, -0.2) is 16.3 Å². The van der Waals surface area contributed by atoms with Crippen LogP contribution in [0.15, 0.2) is 0 Å². The van der Waals surface area contributed by atoms with E-state index in [9.17, 15) is 0 Å². The van der Waals surface area contributed by atoms with Gasteiger partial charge in [-0.25, -0.2) is 0 Å². The molecule has 0 radical (unpaired) electrons. The Balaban J connectivity index is 1.95. The lowest BCUT2D eigenvalue weighted by Gasteiger charge is -2.31. The fourth-order valence-electron chi connectivity index (χ4n) is 3.90. The van der Waals surface area contributed by atoms with Crippen LogP contribution in [0, 0.1) is 11.3 Å². The molecule has 0 atom stereocenters. The second kappa shape index (κ2) is 7.15. The van der Waals surface area contributed by atoms with Crippen molar-refractivity contribution in [2.24, 2.45) is 18.4 Å². The molecule has 21 heavy (non-hydrogen) atoms. The van der Waals surface area contributed by atoms with Crippen LogP contribution in [0.1, 0.15) is 64.3 Å². The molecule has 0 bridgehead atoms. The van der Waals surface area contributed by atoms with Crippen molar-refractivity contribution in [2.75, 3.05) is 6.54 Å². The van der Waals surface area contributed by atoms with Crippen LogP contribution in [0.4, 0.5) is 0 Å². The summed E-state index contributed by atoms with van der Waals surface area (Å²) >= 11 is 6.42. The zero-order valence-corrected chi connectivity index (χ0v) is 14.8. The zero-order chi connectivity index (χ0) is 15.5. The van der Waals surface area contributed by atoms with E-state index >= 15 is 0 Å². The van der Waals surface area contributed by atoms with E-state index < -0.39 is 0 Å². The summed E-state index contributed by atoms with van der Waals surface area (Å²) in [4.78, 5) is 0. The minimum absolute atomic E-state index is 0.507. The van der Waals surface area contributed by atoms with Gasteiger partial charge in [0.15, 0.2) is 0 Å². The van der Waals surface area contributed by atoms with Gasteiger partial charge in [-0.05, 0) is 37.0 Å². The van der Waals surface area contributed by atoms with Gasteiger partial charge in [0.05, 0.1) is 16.4 Å². The first-order valence-corrected chi connectivity index (χ1v) is 8.76. The highest BCUT2D eigenvalue weighted by molar-refractivity contribution is 6.31.